The second kappa shape index (κ2) is 11.8. The topological polar surface area (TPSA) is 15.7 Å². The van der Waals surface area contributed by atoms with Crippen LogP contribution in [0.5, 0.6) is 11.5 Å². The zero-order valence-electron chi connectivity index (χ0n) is 29.1. The van der Waals surface area contributed by atoms with Crippen LogP contribution in [0.2, 0.25) is 0 Å². The molecule has 248 valence electrons. The van der Waals surface area contributed by atoms with Gasteiger partial charge in [-0.1, -0.05) is 141 Å². The molecular formula is C49H36N2O. The van der Waals surface area contributed by atoms with Crippen molar-refractivity contribution in [3.8, 4) is 33.8 Å². The lowest BCUT2D eigenvalue weighted by Gasteiger charge is -2.46. The van der Waals surface area contributed by atoms with Gasteiger partial charge in [0.1, 0.15) is 0 Å². The Morgan fingerprint density at radius 3 is 1.81 bits per heavy atom. The molecule has 0 saturated heterocycles. The number of fused-ring (bicyclic) bond motifs is 6. The van der Waals surface area contributed by atoms with Crippen molar-refractivity contribution in [2.24, 2.45) is 0 Å². The lowest BCUT2D eigenvalue weighted by Crippen LogP contribution is -2.33. The molecule has 0 unspecified atom stereocenters. The van der Waals surface area contributed by atoms with Gasteiger partial charge in [0, 0.05) is 27.9 Å². The van der Waals surface area contributed by atoms with Crippen LogP contribution in [0.1, 0.15) is 25.0 Å². The van der Waals surface area contributed by atoms with Crippen molar-refractivity contribution < 1.29 is 4.74 Å². The van der Waals surface area contributed by atoms with Gasteiger partial charge < -0.3 is 14.5 Å². The van der Waals surface area contributed by atoms with Gasteiger partial charge in [0.05, 0.1) is 17.1 Å². The van der Waals surface area contributed by atoms with E-state index in [0.717, 1.165) is 39.9 Å². The number of benzene rings is 8. The number of nitrogens with zero attached hydrogens (tertiary/aromatic N) is 2. The van der Waals surface area contributed by atoms with Gasteiger partial charge in [-0.15, -0.1) is 0 Å². The van der Waals surface area contributed by atoms with Crippen LogP contribution >= 0.6 is 0 Å². The Hall–Kier alpha value is -6.58. The average molecular weight is 669 g/mol. The molecule has 2 heterocycles. The molecule has 0 aromatic heterocycles. The standard InChI is InChI=1S/C49H36N2O/c1-49(2)42-20-12-22-44-48(42)51(47-41-18-10-9-15-35(41)27-32-45(47)52-44)43-21-11-19-40(46(43)49)36-25-30-39(31-26-36)50(37-16-7-4-8-17-37)38-28-23-34(24-29-38)33-13-5-3-6-14-33/h3-32H,1-2H3. The summed E-state index contributed by atoms with van der Waals surface area (Å²) in [6.07, 6.45) is 0. The highest BCUT2D eigenvalue weighted by molar-refractivity contribution is 6.06. The van der Waals surface area contributed by atoms with Gasteiger partial charge in [-0.05, 0) is 93.4 Å². The predicted octanol–water partition coefficient (Wildman–Crippen LogP) is 13.9. The van der Waals surface area contributed by atoms with E-state index in [4.69, 9.17) is 4.74 Å². The number of hydrogen-bond donors (Lipinski definition) is 0. The molecular weight excluding hydrogens is 633 g/mol. The van der Waals surface area contributed by atoms with E-state index in [1.54, 1.807) is 0 Å². The summed E-state index contributed by atoms with van der Waals surface area (Å²) in [6, 6.07) is 65.2. The summed E-state index contributed by atoms with van der Waals surface area (Å²) in [5.41, 5.74) is 13.9. The number of anilines is 6. The molecule has 0 amide bonds. The first-order chi connectivity index (χ1) is 25.6. The Kier molecular flexibility index (Phi) is 6.84. The average Bonchev–Trinajstić information content (AvgIpc) is 3.20. The highest BCUT2D eigenvalue weighted by atomic mass is 16.5. The molecule has 0 saturated carbocycles. The van der Waals surface area contributed by atoms with E-state index in [2.05, 4.69) is 206 Å². The Morgan fingerprint density at radius 2 is 1.06 bits per heavy atom. The minimum Gasteiger partial charge on any atom is -0.453 e. The fraction of sp³-hybridized carbons (Fsp3) is 0.0612. The molecule has 0 fully saturated rings. The largest absolute Gasteiger partial charge is 0.453 e. The Labute approximate surface area is 304 Å². The van der Waals surface area contributed by atoms with Crippen molar-refractivity contribution in [1.82, 2.24) is 0 Å². The number of rotatable bonds is 5. The van der Waals surface area contributed by atoms with E-state index in [1.165, 1.54) is 49.8 Å². The lowest BCUT2D eigenvalue weighted by molar-refractivity contribution is 0.472. The first-order valence-electron chi connectivity index (χ1n) is 17.9. The van der Waals surface area contributed by atoms with Crippen LogP contribution in [0.25, 0.3) is 33.0 Å². The van der Waals surface area contributed by atoms with E-state index in [0.29, 0.717) is 0 Å². The Morgan fingerprint density at radius 1 is 0.462 bits per heavy atom. The smallest absolute Gasteiger partial charge is 0.152 e. The van der Waals surface area contributed by atoms with E-state index in [-0.39, 0.29) is 5.41 Å². The second-order valence-corrected chi connectivity index (χ2v) is 14.2. The third-order valence-corrected chi connectivity index (χ3v) is 10.8. The van der Waals surface area contributed by atoms with Crippen LogP contribution < -0.4 is 14.5 Å². The first-order valence-corrected chi connectivity index (χ1v) is 17.9. The SMILES string of the molecule is CC1(C)c2cccc3c2N(c2cccc(-c4ccc(N(c5ccccc5)c5ccc(-c6ccccc6)cc5)cc4)c21)c1c(ccc2ccccc12)O3. The molecule has 10 rings (SSSR count). The molecule has 2 aliphatic rings. The van der Waals surface area contributed by atoms with Crippen LogP contribution in [0, 0.1) is 0 Å². The van der Waals surface area contributed by atoms with Crippen molar-refractivity contribution in [3.05, 3.63) is 193 Å². The maximum atomic E-state index is 6.65. The summed E-state index contributed by atoms with van der Waals surface area (Å²) < 4.78 is 6.65. The zero-order chi connectivity index (χ0) is 34.8. The quantitative estimate of drug-likeness (QED) is 0.182. The van der Waals surface area contributed by atoms with Crippen molar-refractivity contribution in [1.29, 1.82) is 0 Å². The molecule has 0 radical (unpaired) electrons. The van der Waals surface area contributed by atoms with Gasteiger partial charge >= 0.3 is 0 Å². The molecule has 0 spiro atoms. The van der Waals surface area contributed by atoms with E-state index < -0.39 is 0 Å². The monoisotopic (exact) mass is 668 g/mol. The van der Waals surface area contributed by atoms with Gasteiger partial charge in [-0.2, -0.15) is 0 Å². The normalized spacial score (nSPS) is 13.5. The molecule has 0 atom stereocenters. The van der Waals surface area contributed by atoms with Crippen molar-refractivity contribution >= 4 is 44.9 Å². The molecule has 52 heavy (non-hydrogen) atoms. The van der Waals surface area contributed by atoms with Crippen LogP contribution in [0.15, 0.2) is 182 Å². The third kappa shape index (κ3) is 4.66. The maximum absolute atomic E-state index is 6.65. The molecule has 2 aliphatic heterocycles. The van der Waals surface area contributed by atoms with Crippen molar-refractivity contribution in [3.63, 3.8) is 0 Å². The number of para-hydroxylation sites is 2. The van der Waals surface area contributed by atoms with Gasteiger partial charge in [0.15, 0.2) is 11.5 Å². The molecule has 8 aromatic rings. The highest BCUT2D eigenvalue weighted by Crippen LogP contribution is 2.62. The van der Waals surface area contributed by atoms with E-state index in [9.17, 15) is 0 Å². The van der Waals surface area contributed by atoms with Crippen LogP contribution in [-0.2, 0) is 5.41 Å². The summed E-state index contributed by atoms with van der Waals surface area (Å²) >= 11 is 0. The molecule has 8 aromatic carbocycles. The molecule has 3 heteroatoms. The van der Waals surface area contributed by atoms with Crippen molar-refractivity contribution in [2.45, 2.75) is 19.3 Å². The molecule has 0 N–H and O–H groups in total. The van der Waals surface area contributed by atoms with Gasteiger partial charge in [0.25, 0.3) is 0 Å². The summed E-state index contributed by atoms with van der Waals surface area (Å²) in [7, 11) is 0. The molecule has 0 aliphatic carbocycles. The van der Waals surface area contributed by atoms with Gasteiger partial charge in [-0.3, -0.25) is 0 Å². The fourth-order valence-corrected chi connectivity index (χ4v) is 8.37. The first kappa shape index (κ1) is 30.3. The summed E-state index contributed by atoms with van der Waals surface area (Å²) in [6.45, 7) is 4.71. The van der Waals surface area contributed by atoms with E-state index in [1.807, 2.05) is 0 Å². The summed E-state index contributed by atoms with van der Waals surface area (Å²) in [5.74, 6) is 1.77. The van der Waals surface area contributed by atoms with Crippen molar-refractivity contribution in [2.75, 3.05) is 9.80 Å². The van der Waals surface area contributed by atoms with Crippen LogP contribution in [0.4, 0.5) is 34.1 Å². The minimum absolute atomic E-state index is 0.283. The van der Waals surface area contributed by atoms with Gasteiger partial charge in [-0.25, -0.2) is 0 Å². The fourth-order valence-electron chi connectivity index (χ4n) is 8.37. The Balaban J connectivity index is 1.10. The highest BCUT2D eigenvalue weighted by Gasteiger charge is 2.43. The Bertz CT molecular complexity index is 2610. The predicted molar refractivity (Wildman–Crippen MR) is 216 cm³/mol. The lowest BCUT2D eigenvalue weighted by atomic mass is 9.70. The summed E-state index contributed by atoms with van der Waals surface area (Å²) in [4.78, 5) is 4.79. The molecule has 3 nitrogen and oxygen atoms in total. The summed E-state index contributed by atoms with van der Waals surface area (Å²) in [5, 5.41) is 2.38. The van der Waals surface area contributed by atoms with Crippen LogP contribution in [-0.4, -0.2) is 0 Å². The third-order valence-electron chi connectivity index (χ3n) is 10.8. The minimum atomic E-state index is -0.283. The second-order valence-electron chi connectivity index (χ2n) is 14.2. The van der Waals surface area contributed by atoms with Crippen LogP contribution in [0.3, 0.4) is 0 Å². The zero-order valence-corrected chi connectivity index (χ0v) is 29.1. The maximum Gasteiger partial charge on any atom is 0.152 e. The molecule has 0 bridgehead atoms. The van der Waals surface area contributed by atoms with Gasteiger partial charge in [0.2, 0.25) is 0 Å². The number of ether oxygens (including phenoxy) is 1. The van der Waals surface area contributed by atoms with E-state index >= 15 is 0 Å². The number of hydrogen-bond acceptors (Lipinski definition) is 3.